The van der Waals surface area contributed by atoms with Crippen LogP contribution in [0.2, 0.25) is 0 Å². The van der Waals surface area contributed by atoms with Gasteiger partial charge in [0.25, 0.3) is 0 Å². The smallest absolute Gasteiger partial charge is 0.0590 e. The van der Waals surface area contributed by atoms with E-state index in [-0.39, 0.29) is 0 Å². The Morgan fingerprint density at radius 2 is 1.67 bits per heavy atom. The number of benzene rings is 1. The zero-order valence-electron chi connectivity index (χ0n) is 13.8. The van der Waals surface area contributed by atoms with Gasteiger partial charge < -0.3 is 15.0 Å². The molecule has 0 aliphatic rings. The Balaban J connectivity index is 2.18. The number of hydrogen-bond acceptors (Lipinski definition) is 3. The second-order valence-corrected chi connectivity index (χ2v) is 5.39. The largest absolute Gasteiger partial charge is 0.380 e. The lowest BCUT2D eigenvalue weighted by atomic mass is 10.2. The lowest BCUT2D eigenvalue weighted by molar-refractivity contribution is 0.133. The lowest BCUT2D eigenvalue weighted by Crippen LogP contribution is -2.34. The molecule has 1 aromatic rings. The zero-order valence-corrected chi connectivity index (χ0v) is 13.8. The molecule has 0 saturated heterocycles. The Hall–Kier alpha value is -1.06. The molecule has 0 unspecified atom stereocenters. The summed E-state index contributed by atoms with van der Waals surface area (Å²) in [5.41, 5.74) is 1.33. The van der Waals surface area contributed by atoms with Crippen molar-refractivity contribution in [2.45, 2.75) is 39.5 Å². The molecule has 0 radical (unpaired) electrons. The molecule has 0 heterocycles. The van der Waals surface area contributed by atoms with Crippen molar-refractivity contribution in [3.8, 4) is 0 Å². The first-order valence-electron chi connectivity index (χ1n) is 8.47. The van der Waals surface area contributed by atoms with Gasteiger partial charge in [0.15, 0.2) is 0 Å². The maximum atomic E-state index is 5.55. The minimum absolute atomic E-state index is 0.820. The fourth-order valence-corrected chi connectivity index (χ4v) is 2.19. The first-order valence-corrected chi connectivity index (χ1v) is 8.47. The zero-order chi connectivity index (χ0) is 15.2. The fourth-order valence-electron chi connectivity index (χ4n) is 2.19. The number of unbranched alkanes of at least 4 members (excludes halogenated alkanes) is 2. The molecule has 0 aromatic heterocycles. The van der Waals surface area contributed by atoms with Gasteiger partial charge in [0.1, 0.15) is 0 Å². The number of ether oxygens (including phenoxy) is 1. The standard InChI is InChI=1S/C18H32N2O/c1-3-5-14-20(18-10-8-7-9-11-18)15-12-19-13-17-21-16-6-4-2/h7-11,19H,3-6,12-17H2,1-2H3. The molecule has 0 spiro atoms. The number of nitrogens with zero attached hydrogens (tertiary/aromatic N) is 1. The molecule has 0 saturated carbocycles. The van der Waals surface area contributed by atoms with E-state index in [1.807, 2.05) is 0 Å². The molecule has 120 valence electrons. The summed E-state index contributed by atoms with van der Waals surface area (Å²) in [6.45, 7) is 10.3. The summed E-state index contributed by atoms with van der Waals surface area (Å²) >= 11 is 0. The van der Waals surface area contributed by atoms with Crippen LogP contribution in [0.15, 0.2) is 30.3 Å². The molecule has 0 bridgehead atoms. The summed E-state index contributed by atoms with van der Waals surface area (Å²) in [6.07, 6.45) is 4.85. The van der Waals surface area contributed by atoms with Gasteiger partial charge in [-0.3, -0.25) is 0 Å². The molecule has 0 atom stereocenters. The van der Waals surface area contributed by atoms with Crippen LogP contribution in [0.25, 0.3) is 0 Å². The first-order chi connectivity index (χ1) is 10.4. The van der Waals surface area contributed by atoms with Gasteiger partial charge in [-0.2, -0.15) is 0 Å². The van der Waals surface area contributed by atoms with Crippen molar-refractivity contribution in [3.63, 3.8) is 0 Å². The molecule has 0 fully saturated rings. The number of para-hydroxylation sites is 1. The van der Waals surface area contributed by atoms with E-state index in [4.69, 9.17) is 4.74 Å². The summed E-state index contributed by atoms with van der Waals surface area (Å²) in [5, 5.41) is 3.47. The lowest BCUT2D eigenvalue weighted by Gasteiger charge is -2.25. The highest BCUT2D eigenvalue weighted by Gasteiger charge is 2.04. The van der Waals surface area contributed by atoms with Gasteiger partial charge >= 0.3 is 0 Å². The van der Waals surface area contributed by atoms with Crippen molar-refractivity contribution in [2.75, 3.05) is 44.3 Å². The van der Waals surface area contributed by atoms with Crippen LogP contribution in [0.4, 0.5) is 5.69 Å². The second kappa shape index (κ2) is 12.7. The molecule has 1 rings (SSSR count). The third-order valence-electron chi connectivity index (χ3n) is 3.53. The van der Waals surface area contributed by atoms with Crippen LogP contribution in [0.1, 0.15) is 39.5 Å². The highest BCUT2D eigenvalue weighted by molar-refractivity contribution is 5.45. The fraction of sp³-hybridized carbons (Fsp3) is 0.667. The van der Waals surface area contributed by atoms with Crippen LogP contribution in [0, 0.1) is 0 Å². The van der Waals surface area contributed by atoms with Gasteiger partial charge in [-0.05, 0) is 25.0 Å². The molecule has 3 heteroatoms. The molecule has 1 aromatic carbocycles. The minimum atomic E-state index is 0.820. The third-order valence-corrected chi connectivity index (χ3v) is 3.53. The van der Waals surface area contributed by atoms with E-state index in [1.165, 1.54) is 31.4 Å². The van der Waals surface area contributed by atoms with Crippen LogP contribution in [0.5, 0.6) is 0 Å². The first kappa shape index (κ1) is 18.0. The predicted molar refractivity (Wildman–Crippen MR) is 92.2 cm³/mol. The summed E-state index contributed by atoms with van der Waals surface area (Å²) in [7, 11) is 0. The van der Waals surface area contributed by atoms with Crippen LogP contribution in [-0.2, 0) is 4.74 Å². The quantitative estimate of drug-likeness (QED) is 0.561. The van der Waals surface area contributed by atoms with Crippen LogP contribution in [-0.4, -0.2) is 39.4 Å². The van der Waals surface area contributed by atoms with E-state index in [2.05, 4.69) is 54.4 Å². The number of anilines is 1. The minimum Gasteiger partial charge on any atom is -0.380 e. The number of hydrogen-bond donors (Lipinski definition) is 1. The molecular weight excluding hydrogens is 260 g/mol. The second-order valence-electron chi connectivity index (χ2n) is 5.39. The van der Waals surface area contributed by atoms with Crippen molar-refractivity contribution >= 4 is 5.69 Å². The molecular formula is C18H32N2O. The van der Waals surface area contributed by atoms with Crippen molar-refractivity contribution in [1.82, 2.24) is 5.32 Å². The monoisotopic (exact) mass is 292 g/mol. The Bertz CT molecular complexity index is 329. The summed E-state index contributed by atoms with van der Waals surface area (Å²) < 4.78 is 5.55. The van der Waals surface area contributed by atoms with Crippen molar-refractivity contribution < 1.29 is 4.74 Å². The van der Waals surface area contributed by atoms with Crippen LogP contribution in [0.3, 0.4) is 0 Å². The van der Waals surface area contributed by atoms with Gasteiger partial charge in [0.2, 0.25) is 0 Å². The van der Waals surface area contributed by atoms with Gasteiger partial charge in [0.05, 0.1) is 6.61 Å². The van der Waals surface area contributed by atoms with Crippen LogP contribution >= 0.6 is 0 Å². The van der Waals surface area contributed by atoms with E-state index in [1.54, 1.807) is 0 Å². The van der Waals surface area contributed by atoms with Crippen molar-refractivity contribution in [2.24, 2.45) is 0 Å². The Morgan fingerprint density at radius 1 is 0.905 bits per heavy atom. The molecule has 1 N–H and O–H groups in total. The summed E-state index contributed by atoms with van der Waals surface area (Å²) in [6, 6.07) is 10.7. The molecule has 0 amide bonds. The van der Waals surface area contributed by atoms with Gasteiger partial charge in [-0.25, -0.2) is 0 Å². The normalized spacial score (nSPS) is 10.8. The van der Waals surface area contributed by atoms with Gasteiger partial charge in [-0.15, -0.1) is 0 Å². The number of rotatable bonds is 13. The Labute approximate surface area is 130 Å². The Morgan fingerprint density at radius 3 is 2.38 bits per heavy atom. The van der Waals surface area contributed by atoms with Gasteiger partial charge in [0, 0.05) is 38.5 Å². The maximum Gasteiger partial charge on any atom is 0.0590 e. The van der Waals surface area contributed by atoms with E-state index >= 15 is 0 Å². The Kier molecular flexibility index (Phi) is 10.8. The average Bonchev–Trinajstić information content (AvgIpc) is 2.53. The molecule has 21 heavy (non-hydrogen) atoms. The topological polar surface area (TPSA) is 24.5 Å². The van der Waals surface area contributed by atoms with E-state index in [9.17, 15) is 0 Å². The highest BCUT2D eigenvalue weighted by atomic mass is 16.5. The van der Waals surface area contributed by atoms with E-state index < -0.39 is 0 Å². The van der Waals surface area contributed by atoms with E-state index in [0.29, 0.717) is 0 Å². The maximum absolute atomic E-state index is 5.55. The highest BCUT2D eigenvalue weighted by Crippen LogP contribution is 2.13. The van der Waals surface area contributed by atoms with Crippen molar-refractivity contribution in [3.05, 3.63) is 30.3 Å². The van der Waals surface area contributed by atoms with E-state index in [0.717, 1.165) is 39.4 Å². The van der Waals surface area contributed by atoms with Crippen LogP contribution < -0.4 is 10.2 Å². The molecule has 3 nitrogen and oxygen atoms in total. The SMILES string of the molecule is CCCCOCCNCCN(CCCC)c1ccccc1. The number of nitrogens with one attached hydrogen (secondary N) is 1. The average molecular weight is 292 g/mol. The predicted octanol–water partition coefficient (Wildman–Crippen LogP) is 3.70. The van der Waals surface area contributed by atoms with Crippen molar-refractivity contribution in [1.29, 1.82) is 0 Å². The molecule has 0 aliphatic carbocycles. The summed E-state index contributed by atoms with van der Waals surface area (Å²) in [5.74, 6) is 0. The third kappa shape index (κ3) is 8.74. The molecule has 0 aliphatic heterocycles. The summed E-state index contributed by atoms with van der Waals surface area (Å²) in [4.78, 5) is 2.47. The van der Waals surface area contributed by atoms with Gasteiger partial charge in [-0.1, -0.05) is 44.9 Å².